The van der Waals surface area contributed by atoms with Crippen molar-refractivity contribution in [3.8, 4) is 0 Å². The Bertz CT molecular complexity index is 563. The lowest BCUT2D eigenvalue weighted by molar-refractivity contribution is 0.900. The molecule has 0 aliphatic heterocycles. The Balaban J connectivity index is 2.25. The smallest absolute Gasteiger partial charge is 0.175 e. The summed E-state index contributed by atoms with van der Waals surface area (Å²) in [6, 6.07) is 9.72. The van der Waals surface area contributed by atoms with Gasteiger partial charge in [0.25, 0.3) is 0 Å². The Morgan fingerprint density at radius 2 is 1.94 bits per heavy atom. The molecule has 1 heterocycles. The molecule has 0 amide bonds. The Labute approximate surface area is 124 Å². The zero-order chi connectivity index (χ0) is 13.1. The third-order valence-corrected chi connectivity index (χ3v) is 3.70. The lowest BCUT2D eigenvalue weighted by atomic mass is 10.2. The van der Waals surface area contributed by atoms with Gasteiger partial charge in [0.1, 0.15) is 0 Å². The SMILES string of the molecule is CN(Cc1ccccc1Br)c1cc(Cl)nnc1Cl. The number of anilines is 1. The number of nitrogens with zero attached hydrogens (tertiary/aromatic N) is 3. The first kappa shape index (κ1) is 13.6. The molecule has 0 radical (unpaired) electrons. The lowest BCUT2D eigenvalue weighted by Gasteiger charge is -2.20. The van der Waals surface area contributed by atoms with Crippen molar-refractivity contribution in [2.45, 2.75) is 6.54 Å². The van der Waals surface area contributed by atoms with E-state index in [1.807, 2.05) is 36.2 Å². The molecule has 0 atom stereocenters. The summed E-state index contributed by atoms with van der Waals surface area (Å²) < 4.78 is 1.06. The highest BCUT2D eigenvalue weighted by Crippen LogP contribution is 2.27. The fourth-order valence-electron chi connectivity index (χ4n) is 1.58. The molecule has 0 N–H and O–H groups in total. The highest BCUT2D eigenvalue weighted by molar-refractivity contribution is 9.10. The zero-order valence-electron chi connectivity index (χ0n) is 9.57. The third-order valence-electron chi connectivity index (χ3n) is 2.48. The quantitative estimate of drug-likeness (QED) is 0.834. The predicted octanol–water partition coefficient (Wildman–Crippen LogP) is 4.18. The van der Waals surface area contributed by atoms with E-state index in [2.05, 4.69) is 26.1 Å². The van der Waals surface area contributed by atoms with Crippen molar-refractivity contribution in [1.82, 2.24) is 10.2 Å². The van der Waals surface area contributed by atoms with Crippen LogP contribution in [-0.2, 0) is 6.54 Å². The van der Waals surface area contributed by atoms with Crippen molar-refractivity contribution in [3.63, 3.8) is 0 Å². The van der Waals surface area contributed by atoms with Crippen LogP contribution < -0.4 is 4.90 Å². The summed E-state index contributed by atoms with van der Waals surface area (Å²) in [5.74, 6) is 0. The van der Waals surface area contributed by atoms with Gasteiger partial charge in [-0.05, 0) is 11.6 Å². The van der Waals surface area contributed by atoms with Crippen LogP contribution in [0.5, 0.6) is 0 Å². The van der Waals surface area contributed by atoms with Gasteiger partial charge >= 0.3 is 0 Å². The first-order valence-electron chi connectivity index (χ1n) is 5.21. The van der Waals surface area contributed by atoms with Crippen LogP contribution in [0.15, 0.2) is 34.8 Å². The lowest BCUT2D eigenvalue weighted by Crippen LogP contribution is -2.17. The fraction of sp³-hybridized carbons (Fsp3) is 0.167. The van der Waals surface area contributed by atoms with Gasteiger partial charge in [-0.2, -0.15) is 0 Å². The highest BCUT2D eigenvalue weighted by Gasteiger charge is 2.10. The average molecular weight is 347 g/mol. The highest BCUT2D eigenvalue weighted by atomic mass is 79.9. The van der Waals surface area contributed by atoms with Gasteiger partial charge in [0.2, 0.25) is 0 Å². The van der Waals surface area contributed by atoms with Gasteiger partial charge < -0.3 is 4.90 Å². The van der Waals surface area contributed by atoms with Crippen LogP contribution >= 0.6 is 39.1 Å². The van der Waals surface area contributed by atoms with E-state index in [0.717, 1.165) is 15.7 Å². The van der Waals surface area contributed by atoms with E-state index >= 15 is 0 Å². The molecule has 2 aromatic rings. The number of benzene rings is 1. The standard InChI is InChI=1S/C12H10BrCl2N3/c1-18(7-8-4-2-3-5-9(8)13)10-6-11(14)16-17-12(10)15/h2-6H,7H2,1H3. The van der Waals surface area contributed by atoms with E-state index in [1.165, 1.54) is 0 Å². The van der Waals surface area contributed by atoms with Crippen LogP contribution in [0.25, 0.3) is 0 Å². The topological polar surface area (TPSA) is 29.0 Å². The monoisotopic (exact) mass is 345 g/mol. The minimum absolute atomic E-state index is 0.327. The number of rotatable bonds is 3. The van der Waals surface area contributed by atoms with Gasteiger partial charge in [0, 0.05) is 24.1 Å². The van der Waals surface area contributed by atoms with Crippen LogP contribution in [0.4, 0.5) is 5.69 Å². The molecule has 3 nitrogen and oxygen atoms in total. The molecule has 0 fully saturated rings. The van der Waals surface area contributed by atoms with E-state index in [4.69, 9.17) is 23.2 Å². The summed E-state index contributed by atoms with van der Waals surface area (Å²) in [7, 11) is 1.93. The fourth-order valence-corrected chi connectivity index (χ4v) is 2.37. The molecule has 1 aromatic carbocycles. The van der Waals surface area contributed by atoms with Crippen molar-refractivity contribution in [2.24, 2.45) is 0 Å². The van der Waals surface area contributed by atoms with Crippen LogP contribution in [0.3, 0.4) is 0 Å². The van der Waals surface area contributed by atoms with E-state index in [-0.39, 0.29) is 0 Å². The summed E-state index contributed by atoms with van der Waals surface area (Å²) in [4.78, 5) is 1.98. The van der Waals surface area contributed by atoms with Gasteiger partial charge in [-0.25, -0.2) is 0 Å². The van der Waals surface area contributed by atoms with Gasteiger partial charge in [0.05, 0.1) is 5.69 Å². The normalized spacial score (nSPS) is 10.4. The second kappa shape index (κ2) is 5.87. The molecule has 0 bridgehead atoms. The molecule has 0 aliphatic rings. The first-order valence-corrected chi connectivity index (χ1v) is 6.76. The molecule has 0 saturated heterocycles. The number of hydrogen-bond donors (Lipinski definition) is 0. The van der Waals surface area contributed by atoms with E-state index < -0.39 is 0 Å². The van der Waals surface area contributed by atoms with Gasteiger partial charge in [-0.15, -0.1) is 10.2 Å². The molecule has 0 aliphatic carbocycles. The van der Waals surface area contributed by atoms with Crippen molar-refractivity contribution >= 4 is 44.8 Å². The summed E-state index contributed by atoms with van der Waals surface area (Å²) in [5, 5.41) is 8.16. The summed E-state index contributed by atoms with van der Waals surface area (Å²) >= 11 is 15.4. The molecule has 94 valence electrons. The maximum absolute atomic E-state index is 6.01. The van der Waals surface area contributed by atoms with E-state index in [9.17, 15) is 0 Å². The Morgan fingerprint density at radius 1 is 1.22 bits per heavy atom. The van der Waals surface area contributed by atoms with Gasteiger partial charge in [-0.3, -0.25) is 0 Å². The van der Waals surface area contributed by atoms with Gasteiger partial charge in [-0.1, -0.05) is 57.3 Å². The zero-order valence-corrected chi connectivity index (χ0v) is 12.7. The molecule has 2 rings (SSSR count). The van der Waals surface area contributed by atoms with Crippen molar-refractivity contribution < 1.29 is 0 Å². The molecule has 0 unspecified atom stereocenters. The minimum Gasteiger partial charge on any atom is -0.368 e. The summed E-state index contributed by atoms with van der Waals surface area (Å²) in [5.41, 5.74) is 1.91. The minimum atomic E-state index is 0.327. The second-order valence-electron chi connectivity index (χ2n) is 3.79. The van der Waals surface area contributed by atoms with Crippen LogP contribution in [0, 0.1) is 0 Å². The predicted molar refractivity (Wildman–Crippen MR) is 78.3 cm³/mol. The maximum Gasteiger partial charge on any atom is 0.175 e. The first-order chi connectivity index (χ1) is 8.58. The number of hydrogen-bond acceptors (Lipinski definition) is 3. The molecule has 1 aromatic heterocycles. The average Bonchev–Trinajstić information content (AvgIpc) is 2.35. The number of aromatic nitrogens is 2. The number of halogens is 3. The van der Waals surface area contributed by atoms with E-state index in [0.29, 0.717) is 16.9 Å². The molecular formula is C12H10BrCl2N3. The van der Waals surface area contributed by atoms with Crippen molar-refractivity contribution in [2.75, 3.05) is 11.9 Å². The molecule has 6 heteroatoms. The Hall–Kier alpha value is -0.840. The van der Waals surface area contributed by atoms with Crippen LogP contribution in [0.2, 0.25) is 10.3 Å². The Kier molecular flexibility index (Phi) is 4.43. The Morgan fingerprint density at radius 3 is 2.67 bits per heavy atom. The molecule has 0 spiro atoms. The van der Waals surface area contributed by atoms with Crippen LogP contribution in [-0.4, -0.2) is 17.2 Å². The van der Waals surface area contributed by atoms with Crippen molar-refractivity contribution in [3.05, 3.63) is 50.7 Å². The second-order valence-corrected chi connectivity index (χ2v) is 5.39. The van der Waals surface area contributed by atoms with Crippen LogP contribution in [0.1, 0.15) is 5.56 Å². The third kappa shape index (κ3) is 3.13. The molecular weight excluding hydrogens is 337 g/mol. The van der Waals surface area contributed by atoms with E-state index in [1.54, 1.807) is 6.07 Å². The summed E-state index contributed by atoms with van der Waals surface area (Å²) in [6.45, 7) is 0.698. The van der Waals surface area contributed by atoms with Gasteiger partial charge in [0.15, 0.2) is 10.3 Å². The molecule has 18 heavy (non-hydrogen) atoms. The molecule has 0 saturated carbocycles. The van der Waals surface area contributed by atoms with Crippen molar-refractivity contribution in [1.29, 1.82) is 0 Å². The largest absolute Gasteiger partial charge is 0.368 e. The summed E-state index contributed by atoms with van der Waals surface area (Å²) in [6.07, 6.45) is 0. The maximum atomic E-state index is 6.01.